The van der Waals surface area contributed by atoms with Gasteiger partial charge in [-0.05, 0) is 34.6 Å². The highest BCUT2D eigenvalue weighted by atomic mass is 16.6. The van der Waals surface area contributed by atoms with Gasteiger partial charge in [0.2, 0.25) is 0 Å². The van der Waals surface area contributed by atoms with Gasteiger partial charge in [0.05, 0.1) is 18.4 Å². The number of ether oxygens (including phenoxy) is 2. The molecule has 0 aliphatic carbocycles. The zero-order chi connectivity index (χ0) is 17.5. The summed E-state index contributed by atoms with van der Waals surface area (Å²) in [5, 5.41) is 0. The van der Waals surface area contributed by atoms with Crippen molar-refractivity contribution in [3.8, 4) is 0 Å². The SMILES string of the molecule is CC1OCc2ncnc(N3CCN(C(=O)OC(C)(C)C)C(C)C3)c21. The van der Waals surface area contributed by atoms with Crippen molar-refractivity contribution in [1.82, 2.24) is 14.9 Å². The first-order chi connectivity index (χ1) is 11.3. The summed E-state index contributed by atoms with van der Waals surface area (Å²) in [4.78, 5) is 25.2. The zero-order valence-corrected chi connectivity index (χ0v) is 15.1. The summed E-state index contributed by atoms with van der Waals surface area (Å²) in [5.74, 6) is 0.931. The molecule has 2 unspecified atom stereocenters. The van der Waals surface area contributed by atoms with Crippen molar-refractivity contribution in [2.75, 3.05) is 24.5 Å². The van der Waals surface area contributed by atoms with Gasteiger partial charge in [0.15, 0.2) is 0 Å². The Balaban J connectivity index is 1.73. The van der Waals surface area contributed by atoms with Crippen molar-refractivity contribution in [1.29, 1.82) is 0 Å². The second-order valence-corrected chi connectivity index (χ2v) is 7.48. The van der Waals surface area contributed by atoms with E-state index in [0.717, 1.165) is 30.2 Å². The summed E-state index contributed by atoms with van der Waals surface area (Å²) >= 11 is 0. The van der Waals surface area contributed by atoms with Crippen molar-refractivity contribution in [2.45, 2.75) is 59.0 Å². The highest BCUT2D eigenvalue weighted by Gasteiger charge is 2.34. The van der Waals surface area contributed by atoms with Crippen LogP contribution in [0.3, 0.4) is 0 Å². The third kappa shape index (κ3) is 3.31. The van der Waals surface area contributed by atoms with Gasteiger partial charge < -0.3 is 19.3 Å². The van der Waals surface area contributed by atoms with Crippen LogP contribution in [0.15, 0.2) is 6.33 Å². The van der Waals surface area contributed by atoms with Gasteiger partial charge in [-0.15, -0.1) is 0 Å². The van der Waals surface area contributed by atoms with Gasteiger partial charge >= 0.3 is 6.09 Å². The molecule has 0 N–H and O–H groups in total. The van der Waals surface area contributed by atoms with Gasteiger partial charge in [0, 0.05) is 31.2 Å². The molecule has 2 atom stereocenters. The summed E-state index contributed by atoms with van der Waals surface area (Å²) in [6.07, 6.45) is 1.36. The van der Waals surface area contributed by atoms with Crippen LogP contribution in [0.25, 0.3) is 0 Å². The number of rotatable bonds is 1. The number of carbonyl (C=O) groups is 1. The maximum absolute atomic E-state index is 12.3. The molecule has 0 bridgehead atoms. The molecular formula is C17H26N4O3. The number of anilines is 1. The second-order valence-electron chi connectivity index (χ2n) is 7.48. The average molecular weight is 334 g/mol. The zero-order valence-electron chi connectivity index (χ0n) is 15.1. The molecule has 7 heteroatoms. The van der Waals surface area contributed by atoms with Crippen molar-refractivity contribution < 1.29 is 14.3 Å². The Bertz CT molecular complexity index is 629. The number of fused-ring (bicyclic) bond motifs is 1. The van der Waals surface area contributed by atoms with Crippen LogP contribution in [0, 0.1) is 0 Å². The minimum atomic E-state index is -0.478. The molecule has 132 valence electrons. The van der Waals surface area contributed by atoms with Crippen molar-refractivity contribution in [3.63, 3.8) is 0 Å². The van der Waals surface area contributed by atoms with E-state index in [-0.39, 0.29) is 18.2 Å². The second kappa shape index (κ2) is 6.20. The molecular weight excluding hydrogens is 308 g/mol. The van der Waals surface area contributed by atoms with E-state index in [0.29, 0.717) is 13.2 Å². The monoisotopic (exact) mass is 334 g/mol. The minimum Gasteiger partial charge on any atom is -0.444 e. The molecule has 0 spiro atoms. The first-order valence-electron chi connectivity index (χ1n) is 8.46. The molecule has 0 aromatic carbocycles. The van der Waals surface area contributed by atoms with Crippen molar-refractivity contribution >= 4 is 11.9 Å². The highest BCUT2D eigenvalue weighted by Crippen LogP contribution is 2.35. The number of hydrogen-bond acceptors (Lipinski definition) is 6. The summed E-state index contributed by atoms with van der Waals surface area (Å²) in [5.41, 5.74) is 1.57. The van der Waals surface area contributed by atoms with E-state index < -0.39 is 5.60 Å². The fraction of sp³-hybridized carbons (Fsp3) is 0.706. The lowest BCUT2D eigenvalue weighted by Crippen LogP contribution is -2.55. The molecule has 0 radical (unpaired) electrons. The topological polar surface area (TPSA) is 67.8 Å². The Hall–Kier alpha value is -1.89. The van der Waals surface area contributed by atoms with E-state index in [2.05, 4.69) is 14.9 Å². The van der Waals surface area contributed by atoms with Crippen LogP contribution in [0.1, 0.15) is 52.0 Å². The fourth-order valence-electron chi connectivity index (χ4n) is 3.23. The molecule has 1 amide bonds. The summed E-state index contributed by atoms with van der Waals surface area (Å²) in [7, 11) is 0. The molecule has 2 aliphatic heterocycles. The summed E-state index contributed by atoms with van der Waals surface area (Å²) < 4.78 is 11.2. The fourth-order valence-corrected chi connectivity index (χ4v) is 3.23. The van der Waals surface area contributed by atoms with Crippen LogP contribution in [0.2, 0.25) is 0 Å². The third-order valence-corrected chi connectivity index (χ3v) is 4.38. The van der Waals surface area contributed by atoms with E-state index >= 15 is 0 Å². The molecule has 0 saturated carbocycles. The predicted octanol–water partition coefficient (Wildman–Crippen LogP) is 2.51. The number of aromatic nitrogens is 2. The van der Waals surface area contributed by atoms with Gasteiger partial charge in [-0.3, -0.25) is 0 Å². The highest BCUT2D eigenvalue weighted by molar-refractivity contribution is 5.69. The van der Waals surface area contributed by atoms with Gasteiger partial charge in [-0.1, -0.05) is 0 Å². The van der Waals surface area contributed by atoms with Crippen LogP contribution >= 0.6 is 0 Å². The Morgan fingerprint density at radius 1 is 1.29 bits per heavy atom. The molecule has 3 rings (SSSR count). The quantitative estimate of drug-likeness (QED) is 0.786. The van der Waals surface area contributed by atoms with E-state index in [9.17, 15) is 4.79 Å². The number of nitrogens with zero attached hydrogens (tertiary/aromatic N) is 4. The Labute approximate surface area is 143 Å². The van der Waals surface area contributed by atoms with Crippen LogP contribution in [-0.4, -0.2) is 52.2 Å². The lowest BCUT2D eigenvalue weighted by atomic mass is 10.1. The lowest BCUT2D eigenvalue weighted by Gasteiger charge is -2.41. The lowest BCUT2D eigenvalue weighted by molar-refractivity contribution is 0.0158. The van der Waals surface area contributed by atoms with Crippen LogP contribution < -0.4 is 4.90 Å². The van der Waals surface area contributed by atoms with Gasteiger partial charge in [-0.25, -0.2) is 14.8 Å². The van der Waals surface area contributed by atoms with Gasteiger partial charge in [0.1, 0.15) is 17.7 Å². The van der Waals surface area contributed by atoms with E-state index in [1.165, 1.54) is 0 Å². The molecule has 1 saturated heterocycles. The number of amides is 1. The molecule has 1 fully saturated rings. The standard InChI is InChI=1S/C17H26N4O3/c1-11-8-20(6-7-21(11)16(22)24-17(3,4)5)15-14-12(2)23-9-13(14)18-10-19-15/h10-12H,6-9H2,1-5H3. The van der Waals surface area contributed by atoms with Crippen molar-refractivity contribution in [2.24, 2.45) is 0 Å². The molecule has 1 aromatic rings. The predicted molar refractivity (Wildman–Crippen MR) is 89.9 cm³/mol. The first-order valence-corrected chi connectivity index (χ1v) is 8.46. The Kier molecular flexibility index (Phi) is 4.38. The van der Waals surface area contributed by atoms with Gasteiger partial charge in [0.25, 0.3) is 0 Å². The van der Waals surface area contributed by atoms with E-state index in [1.807, 2.05) is 34.6 Å². The third-order valence-electron chi connectivity index (χ3n) is 4.38. The van der Waals surface area contributed by atoms with E-state index in [1.54, 1.807) is 11.2 Å². The number of carbonyl (C=O) groups excluding carboxylic acids is 1. The maximum Gasteiger partial charge on any atom is 0.410 e. The minimum absolute atomic E-state index is 0.00962. The van der Waals surface area contributed by atoms with Crippen LogP contribution in [-0.2, 0) is 16.1 Å². The van der Waals surface area contributed by atoms with Crippen LogP contribution in [0.4, 0.5) is 10.6 Å². The Morgan fingerprint density at radius 2 is 2.04 bits per heavy atom. The number of hydrogen-bond donors (Lipinski definition) is 0. The molecule has 24 heavy (non-hydrogen) atoms. The summed E-state index contributed by atoms with van der Waals surface area (Å²) in [6, 6.07) is 0.0526. The first kappa shape index (κ1) is 17.0. The van der Waals surface area contributed by atoms with Crippen molar-refractivity contribution in [3.05, 3.63) is 17.6 Å². The van der Waals surface area contributed by atoms with E-state index in [4.69, 9.17) is 9.47 Å². The van der Waals surface area contributed by atoms with Gasteiger partial charge in [-0.2, -0.15) is 0 Å². The largest absolute Gasteiger partial charge is 0.444 e. The summed E-state index contributed by atoms with van der Waals surface area (Å²) in [6.45, 7) is 12.3. The molecule has 3 heterocycles. The maximum atomic E-state index is 12.3. The smallest absolute Gasteiger partial charge is 0.410 e. The normalized spacial score (nSPS) is 24.0. The van der Waals surface area contributed by atoms with Crippen LogP contribution in [0.5, 0.6) is 0 Å². The number of piperazine rings is 1. The Morgan fingerprint density at radius 3 is 2.71 bits per heavy atom. The molecule has 1 aromatic heterocycles. The molecule has 2 aliphatic rings. The average Bonchev–Trinajstić information content (AvgIpc) is 2.87. The molecule has 7 nitrogen and oxygen atoms in total.